The maximum Gasteiger partial charge on any atom is 0.0802 e. The van der Waals surface area contributed by atoms with E-state index in [0.717, 1.165) is 29.0 Å². The van der Waals surface area contributed by atoms with E-state index >= 15 is 0 Å². The van der Waals surface area contributed by atoms with Crippen LogP contribution in [0.4, 0.5) is 0 Å². The number of hydrogen-bond donors (Lipinski definition) is 1. The number of piperidine rings is 1. The van der Waals surface area contributed by atoms with Gasteiger partial charge in [-0.3, -0.25) is 0 Å². The summed E-state index contributed by atoms with van der Waals surface area (Å²) in [5.41, 5.74) is 1.02. The fraction of sp³-hybridized carbons (Fsp3) is 0.647. The zero-order chi connectivity index (χ0) is 14.4. The Morgan fingerprint density at radius 3 is 3.00 bits per heavy atom. The Morgan fingerprint density at radius 2 is 2.25 bits per heavy atom. The molecule has 1 aliphatic heterocycles. The minimum Gasteiger partial charge on any atom is -0.388 e. The van der Waals surface area contributed by atoms with Gasteiger partial charge in [-0.05, 0) is 49.9 Å². The maximum atomic E-state index is 10.3. The van der Waals surface area contributed by atoms with Crippen LogP contribution in [0.1, 0.15) is 57.1 Å². The lowest BCUT2D eigenvalue weighted by Gasteiger charge is -2.36. The van der Waals surface area contributed by atoms with E-state index in [-0.39, 0.29) is 6.10 Å². The average Bonchev–Trinajstić information content (AvgIpc) is 2.46. The molecule has 2 atom stereocenters. The molecule has 1 N–H and O–H groups in total. The molecule has 0 saturated carbocycles. The number of aliphatic hydroxyl groups excluding tert-OH is 1. The van der Waals surface area contributed by atoms with E-state index in [0.29, 0.717) is 0 Å². The van der Waals surface area contributed by atoms with Crippen molar-refractivity contribution in [3.05, 3.63) is 34.3 Å². The molecule has 1 aromatic carbocycles. The van der Waals surface area contributed by atoms with Crippen LogP contribution in [-0.2, 0) is 0 Å². The largest absolute Gasteiger partial charge is 0.388 e. The molecule has 0 amide bonds. The van der Waals surface area contributed by atoms with Gasteiger partial charge in [0.15, 0.2) is 0 Å². The number of halogens is 1. The van der Waals surface area contributed by atoms with Gasteiger partial charge in [-0.1, -0.05) is 47.8 Å². The highest BCUT2D eigenvalue weighted by Gasteiger charge is 2.22. The lowest BCUT2D eigenvalue weighted by molar-refractivity contribution is 0.0987. The summed E-state index contributed by atoms with van der Waals surface area (Å²) in [6, 6.07) is 8.75. The smallest absolute Gasteiger partial charge is 0.0802 e. The van der Waals surface area contributed by atoms with Gasteiger partial charge in [-0.25, -0.2) is 0 Å². The first-order valence-electron chi connectivity index (χ1n) is 7.88. The van der Waals surface area contributed by atoms with Crippen molar-refractivity contribution in [2.24, 2.45) is 0 Å². The molecule has 1 fully saturated rings. The molecule has 0 spiro atoms. The Hall–Kier alpha value is -0.380. The summed E-state index contributed by atoms with van der Waals surface area (Å²) in [5.74, 6) is 0. The molecule has 1 heterocycles. The van der Waals surface area contributed by atoms with Gasteiger partial charge in [-0.15, -0.1) is 0 Å². The molecule has 0 aliphatic carbocycles. The molecular weight excluding hydrogens is 314 g/mol. The molecule has 0 radical (unpaired) electrons. The summed E-state index contributed by atoms with van der Waals surface area (Å²) < 4.78 is 1.04. The summed E-state index contributed by atoms with van der Waals surface area (Å²) in [7, 11) is 0. The quantitative estimate of drug-likeness (QED) is 0.823. The normalized spacial score (nSPS) is 21.9. The Morgan fingerprint density at radius 1 is 1.40 bits per heavy atom. The second kappa shape index (κ2) is 8.16. The van der Waals surface area contributed by atoms with E-state index in [9.17, 15) is 5.11 Å². The molecule has 3 heteroatoms. The van der Waals surface area contributed by atoms with Gasteiger partial charge < -0.3 is 10.0 Å². The predicted octanol–water partition coefficient (Wildman–Crippen LogP) is 4.53. The van der Waals surface area contributed by atoms with Crippen molar-refractivity contribution in [2.75, 3.05) is 13.1 Å². The van der Waals surface area contributed by atoms with Gasteiger partial charge in [0, 0.05) is 17.1 Å². The van der Waals surface area contributed by atoms with Crippen LogP contribution in [0, 0.1) is 0 Å². The lowest BCUT2D eigenvalue weighted by atomic mass is 9.97. The summed E-state index contributed by atoms with van der Waals surface area (Å²) in [5, 5.41) is 10.3. The van der Waals surface area contributed by atoms with Crippen LogP contribution in [0.2, 0.25) is 0 Å². The van der Waals surface area contributed by atoms with Crippen molar-refractivity contribution in [3.63, 3.8) is 0 Å². The van der Waals surface area contributed by atoms with Gasteiger partial charge in [0.25, 0.3) is 0 Å². The summed E-state index contributed by atoms with van der Waals surface area (Å²) in [6.45, 7) is 4.48. The summed E-state index contributed by atoms with van der Waals surface area (Å²) in [6.07, 6.45) is 7.05. The summed E-state index contributed by atoms with van der Waals surface area (Å²) in [4.78, 5) is 2.59. The van der Waals surface area contributed by atoms with E-state index in [4.69, 9.17) is 0 Å². The number of likely N-dealkylation sites (tertiary alicyclic amines) is 1. The van der Waals surface area contributed by atoms with E-state index in [2.05, 4.69) is 27.8 Å². The minimum atomic E-state index is -0.350. The molecule has 0 bridgehead atoms. The molecule has 1 aliphatic rings. The molecule has 2 rings (SSSR count). The molecule has 112 valence electrons. The first kappa shape index (κ1) is 16.0. The average molecular weight is 340 g/mol. The second-order valence-corrected chi connectivity index (χ2v) is 6.75. The fourth-order valence-electron chi connectivity index (χ4n) is 3.18. The van der Waals surface area contributed by atoms with Crippen LogP contribution >= 0.6 is 15.9 Å². The van der Waals surface area contributed by atoms with Gasteiger partial charge in [-0.2, -0.15) is 0 Å². The summed E-state index contributed by atoms with van der Waals surface area (Å²) >= 11 is 3.47. The number of nitrogens with zero attached hydrogens (tertiary/aromatic N) is 1. The SMILES string of the molecule is CCCC1CCCCN1CCC(O)c1cccc(Br)c1. The standard InChI is InChI=1S/C17H26BrNO/c1-2-6-16-9-3-4-11-19(16)12-10-17(20)14-7-5-8-15(18)13-14/h5,7-8,13,16-17,20H,2-4,6,9-12H2,1H3. The van der Waals surface area contributed by atoms with Crippen LogP contribution in [0.3, 0.4) is 0 Å². The van der Waals surface area contributed by atoms with E-state index in [1.165, 1.54) is 38.6 Å². The van der Waals surface area contributed by atoms with Gasteiger partial charge in [0.05, 0.1) is 6.10 Å². The zero-order valence-electron chi connectivity index (χ0n) is 12.4. The highest BCUT2D eigenvalue weighted by Crippen LogP contribution is 2.24. The third kappa shape index (κ3) is 4.57. The van der Waals surface area contributed by atoms with E-state index in [1.807, 2.05) is 24.3 Å². The monoisotopic (exact) mass is 339 g/mol. The first-order chi connectivity index (χ1) is 9.70. The fourth-order valence-corrected chi connectivity index (χ4v) is 3.60. The second-order valence-electron chi connectivity index (χ2n) is 5.83. The Balaban J connectivity index is 1.86. The van der Waals surface area contributed by atoms with E-state index < -0.39 is 0 Å². The maximum absolute atomic E-state index is 10.3. The van der Waals surface area contributed by atoms with Crippen molar-refractivity contribution in [2.45, 2.75) is 57.6 Å². The molecule has 2 nitrogen and oxygen atoms in total. The Labute approximate surface area is 131 Å². The minimum absolute atomic E-state index is 0.350. The molecule has 20 heavy (non-hydrogen) atoms. The molecule has 1 aromatic rings. The number of hydrogen-bond acceptors (Lipinski definition) is 2. The van der Waals surface area contributed by atoms with Crippen LogP contribution in [0.25, 0.3) is 0 Å². The topological polar surface area (TPSA) is 23.5 Å². The highest BCUT2D eigenvalue weighted by atomic mass is 79.9. The van der Waals surface area contributed by atoms with Crippen LogP contribution in [0.15, 0.2) is 28.7 Å². The van der Waals surface area contributed by atoms with Crippen LogP contribution in [-0.4, -0.2) is 29.1 Å². The number of rotatable bonds is 6. The lowest BCUT2D eigenvalue weighted by Crippen LogP contribution is -2.40. The van der Waals surface area contributed by atoms with Crippen molar-refractivity contribution < 1.29 is 5.11 Å². The number of aliphatic hydroxyl groups is 1. The predicted molar refractivity (Wildman–Crippen MR) is 87.8 cm³/mol. The third-order valence-corrected chi connectivity index (χ3v) is 4.79. The van der Waals surface area contributed by atoms with Gasteiger partial charge >= 0.3 is 0 Å². The van der Waals surface area contributed by atoms with Crippen LogP contribution in [0.5, 0.6) is 0 Å². The highest BCUT2D eigenvalue weighted by molar-refractivity contribution is 9.10. The molecule has 0 aromatic heterocycles. The van der Waals surface area contributed by atoms with Crippen LogP contribution < -0.4 is 0 Å². The zero-order valence-corrected chi connectivity index (χ0v) is 14.0. The molecule has 1 saturated heterocycles. The Kier molecular flexibility index (Phi) is 6.53. The Bertz CT molecular complexity index is 408. The molecule has 2 unspecified atom stereocenters. The number of benzene rings is 1. The van der Waals surface area contributed by atoms with Crippen molar-refractivity contribution in [1.29, 1.82) is 0 Å². The molecular formula is C17H26BrNO. The first-order valence-corrected chi connectivity index (χ1v) is 8.67. The van der Waals surface area contributed by atoms with E-state index in [1.54, 1.807) is 0 Å². The van der Waals surface area contributed by atoms with Crippen molar-refractivity contribution >= 4 is 15.9 Å². The third-order valence-electron chi connectivity index (χ3n) is 4.29. The van der Waals surface area contributed by atoms with Crippen molar-refractivity contribution in [1.82, 2.24) is 4.90 Å². The van der Waals surface area contributed by atoms with Crippen molar-refractivity contribution in [3.8, 4) is 0 Å². The van der Waals surface area contributed by atoms with Gasteiger partial charge in [0.1, 0.15) is 0 Å². The van der Waals surface area contributed by atoms with Gasteiger partial charge in [0.2, 0.25) is 0 Å².